The number of morpholine rings is 1. The van der Waals surface area contributed by atoms with Gasteiger partial charge in [0.1, 0.15) is 5.75 Å². The van der Waals surface area contributed by atoms with Gasteiger partial charge in [-0.2, -0.15) is 4.98 Å². The lowest BCUT2D eigenvalue weighted by molar-refractivity contribution is 0.0945. The first-order valence-electron chi connectivity index (χ1n) is 11.2. The third-order valence-corrected chi connectivity index (χ3v) is 6.43. The number of carbonyl (C=O) groups is 1. The third kappa shape index (κ3) is 3.95. The van der Waals surface area contributed by atoms with Crippen LogP contribution >= 0.6 is 11.6 Å². The fourth-order valence-electron chi connectivity index (χ4n) is 4.36. The van der Waals surface area contributed by atoms with Crippen LogP contribution in [-0.2, 0) is 11.2 Å². The molecule has 4 heterocycles. The van der Waals surface area contributed by atoms with Crippen molar-refractivity contribution < 1.29 is 14.3 Å². The number of anilines is 1. The highest BCUT2D eigenvalue weighted by molar-refractivity contribution is 6.33. The number of fused-ring (bicyclic) bond motifs is 2. The third-order valence-electron chi connectivity index (χ3n) is 6.14. The summed E-state index contributed by atoms with van der Waals surface area (Å²) in [6.45, 7) is 3.91. The molecule has 4 aromatic rings. The van der Waals surface area contributed by atoms with Gasteiger partial charge in [-0.15, -0.1) is 0 Å². The normalized spacial score (nSPS) is 15.8. The molecule has 0 atom stereocenters. The Labute approximate surface area is 200 Å². The number of benzene rings is 2. The fraction of sp³-hybridized carbons (Fsp3) is 0.240. The Morgan fingerprint density at radius 3 is 2.68 bits per heavy atom. The molecule has 0 spiro atoms. The first kappa shape index (κ1) is 20.9. The average molecular weight is 476 g/mol. The van der Waals surface area contributed by atoms with E-state index in [1.165, 1.54) is 0 Å². The number of hydrogen-bond acceptors (Lipinski definition) is 6. The van der Waals surface area contributed by atoms with E-state index in [4.69, 9.17) is 21.1 Å². The Hall–Kier alpha value is -3.62. The minimum absolute atomic E-state index is 0.0889. The second-order valence-corrected chi connectivity index (χ2v) is 8.71. The van der Waals surface area contributed by atoms with E-state index in [0.29, 0.717) is 39.7 Å². The summed E-state index contributed by atoms with van der Waals surface area (Å²) in [5.41, 5.74) is 5.54. The summed E-state index contributed by atoms with van der Waals surface area (Å²) in [7, 11) is 0. The molecular formula is C25H22ClN5O3. The van der Waals surface area contributed by atoms with Crippen LogP contribution in [0.4, 0.5) is 5.69 Å². The zero-order valence-corrected chi connectivity index (χ0v) is 19.1. The Morgan fingerprint density at radius 1 is 1.03 bits per heavy atom. The standard InChI is InChI=1S/C25H22ClN5O3/c26-20-14-21-23(29-22(20)16-1-4-17(5-2-16)31-9-11-33-12-10-31)30-25(28-21)34-18-6-3-15-7-8-27-24(32)19(15)13-18/h1-6,13-14H,7-12H2,(H,27,32)(H,28,29,30). The number of nitrogens with one attached hydrogen (secondary N) is 2. The maximum Gasteiger partial charge on any atom is 0.301 e. The van der Waals surface area contributed by atoms with Gasteiger partial charge in [-0.25, -0.2) is 4.98 Å². The van der Waals surface area contributed by atoms with E-state index < -0.39 is 0 Å². The summed E-state index contributed by atoms with van der Waals surface area (Å²) in [6, 6.07) is 15.8. The molecule has 0 bridgehead atoms. The lowest BCUT2D eigenvalue weighted by Crippen LogP contribution is -2.36. The molecule has 2 aliphatic rings. The van der Waals surface area contributed by atoms with E-state index in [1.807, 2.05) is 24.3 Å². The highest BCUT2D eigenvalue weighted by atomic mass is 35.5. The molecule has 2 aliphatic heterocycles. The molecular weight excluding hydrogens is 454 g/mol. The van der Waals surface area contributed by atoms with E-state index in [1.54, 1.807) is 12.1 Å². The molecule has 2 N–H and O–H groups in total. The van der Waals surface area contributed by atoms with Crippen molar-refractivity contribution >= 4 is 34.4 Å². The summed E-state index contributed by atoms with van der Waals surface area (Å²) in [5.74, 6) is 0.439. The molecule has 1 saturated heterocycles. The van der Waals surface area contributed by atoms with Crippen molar-refractivity contribution in [1.82, 2.24) is 20.3 Å². The molecule has 0 aliphatic carbocycles. The van der Waals surface area contributed by atoms with Gasteiger partial charge in [0.2, 0.25) is 0 Å². The number of carbonyl (C=O) groups excluding carboxylic acids is 1. The monoisotopic (exact) mass is 475 g/mol. The van der Waals surface area contributed by atoms with Crippen LogP contribution in [0.25, 0.3) is 22.4 Å². The van der Waals surface area contributed by atoms with Crippen LogP contribution in [0.1, 0.15) is 15.9 Å². The number of aromatic amines is 1. The van der Waals surface area contributed by atoms with Crippen molar-refractivity contribution in [1.29, 1.82) is 0 Å². The van der Waals surface area contributed by atoms with Gasteiger partial charge in [0.05, 0.1) is 29.4 Å². The molecule has 34 heavy (non-hydrogen) atoms. The van der Waals surface area contributed by atoms with Crippen LogP contribution in [0.2, 0.25) is 5.02 Å². The SMILES string of the molecule is O=C1NCCc2ccc(Oc3nc4nc(-c5ccc(N6CCOCC6)cc5)c(Cl)cc4[nH]3)cc21. The van der Waals surface area contributed by atoms with Crippen LogP contribution in [-0.4, -0.2) is 53.7 Å². The lowest BCUT2D eigenvalue weighted by Gasteiger charge is -2.28. The second kappa shape index (κ2) is 8.62. The first-order valence-corrected chi connectivity index (χ1v) is 11.6. The van der Waals surface area contributed by atoms with Gasteiger partial charge >= 0.3 is 6.01 Å². The zero-order valence-electron chi connectivity index (χ0n) is 18.3. The predicted molar refractivity (Wildman–Crippen MR) is 130 cm³/mol. The number of imidazole rings is 1. The van der Waals surface area contributed by atoms with Crippen molar-refractivity contribution in [3.05, 3.63) is 64.7 Å². The van der Waals surface area contributed by atoms with E-state index in [2.05, 4.69) is 37.3 Å². The smallest absolute Gasteiger partial charge is 0.301 e. The van der Waals surface area contributed by atoms with Gasteiger partial charge in [-0.05, 0) is 42.3 Å². The van der Waals surface area contributed by atoms with Crippen LogP contribution < -0.4 is 15.0 Å². The molecule has 9 heteroatoms. The molecule has 0 unspecified atom stereocenters. The number of hydrogen-bond donors (Lipinski definition) is 2. The Bertz CT molecular complexity index is 1380. The molecule has 172 valence electrons. The van der Waals surface area contributed by atoms with Gasteiger partial charge in [-0.3, -0.25) is 4.79 Å². The summed E-state index contributed by atoms with van der Waals surface area (Å²) < 4.78 is 11.3. The van der Waals surface area contributed by atoms with Crippen LogP contribution in [0.3, 0.4) is 0 Å². The molecule has 2 aromatic heterocycles. The average Bonchev–Trinajstić information content (AvgIpc) is 3.25. The van der Waals surface area contributed by atoms with Crippen molar-refractivity contribution in [3.63, 3.8) is 0 Å². The van der Waals surface area contributed by atoms with Crippen molar-refractivity contribution in [2.75, 3.05) is 37.7 Å². The summed E-state index contributed by atoms with van der Waals surface area (Å²) in [6.07, 6.45) is 0.810. The number of ether oxygens (including phenoxy) is 2. The van der Waals surface area contributed by atoms with Gasteiger partial charge in [0, 0.05) is 36.4 Å². The molecule has 0 saturated carbocycles. The van der Waals surface area contributed by atoms with Crippen molar-refractivity contribution in [2.24, 2.45) is 0 Å². The number of aromatic nitrogens is 3. The number of rotatable bonds is 4. The largest absolute Gasteiger partial charge is 0.426 e. The summed E-state index contributed by atoms with van der Waals surface area (Å²) in [4.78, 5) is 26.7. The summed E-state index contributed by atoms with van der Waals surface area (Å²) >= 11 is 6.57. The number of halogens is 1. The topological polar surface area (TPSA) is 92.4 Å². The Kier molecular flexibility index (Phi) is 5.31. The number of nitrogens with zero attached hydrogens (tertiary/aromatic N) is 3. The van der Waals surface area contributed by atoms with Gasteiger partial charge < -0.3 is 24.7 Å². The number of amides is 1. The molecule has 8 nitrogen and oxygen atoms in total. The lowest BCUT2D eigenvalue weighted by atomic mass is 10.0. The highest BCUT2D eigenvalue weighted by Crippen LogP contribution is 2.32. The molecule has 0 radical (unpaired) electrons. The number of H-pyrrole nitrogens is 1. The van der Waals surface area contributed by atoms with Crippen LogP contribution in [0.15, 0.2) is 48.5 Å². The second-order valence-electron chi connectivity index (χ2n) is 8.31. The van der Waals surface area contributed by atoms with Crippen LogP contribution in [0, 0.1) is 0 Å². The van der Waals surface area contributed by atoms with Crippen LogP contribution in [0.5, 0.6) is 11.8 Å². The molecule has 2 aromatic carbocycles. The van der Waals surface area contributed by atoms with Gasteiger partial charge in [0.15, 0.2) is 5.65 Å². The van der Waals surface area contributed by atoms with E-state index in [9.17, 15) is 4.79 Å². The Balaban J connectivity index is 1.26. The Morgan fingerprint density at radius 2 is 1.85 bits per heavy atom. The van der Waals surface area contributed by atoms with Crippen molar-refractivity contribution in [2.45, 2.75) is 6.42 Å². The van der Waals surface area contributed by atoms with E-state index in [0.717, 1.165) is 49.5 Å². The van der Waals surface area contributed by atoms with E-state index in [-0.39, 0.29) is 11.9 Å². The molecule has 6 rings (SSSR count). The highest BCUT2D eigenvalue weighted by Gasteiger charge is 2.18. The molecule has 1 amide bonds. The maximum absolute atomic E-state index is 12.1. The van der Waals surface area contributed by atoms with E-state index >= 15 is 0 Å². The first-order chi connectivity index (χ1) is 16.6. The zero-order chi connectivity index (χ0) is 23.1. The van der Waals surface area contributed by atoms with Gasteiger partial charge in [-0.1, -0.05) is 29.8 Å². The minimum atomic E-state index is -0.0889. The van der Waals surface area contributed by atoms with Gasteiger partial charge in [0.25, 0.3) is 5.91 Å². The maximum atomic E-state index is 12.1. The fourth-order valence-corrected chi connectivity index (χ4v) is 4.62. The number of pyridine rings is 1. The molecule has 1 fully saturated rings. The van der Waals surface area contributed by atoms with Crippen molar-refractivity contribution in [3.8, 4) is 23.0 Å². The predicted octanol–water partition coefficient (Wildman–Crippen LogP) is 4.19. The minimum Gasteiger partial charge on any atom is -0.426 e. The quantitative estimate of drug-likeness (QED) is 0.459. The summed E-state index contributed by atoms with van der Waals surface area (Å²) in [5, 5.41) is 3.37.